The van der Waals surface area contributed by atoms with E-state index in [1.807, 2.05) is 0 Å². The van der Waals surface area contributed by atoms with Crippen LogP contribution >= 0.6 is 0 Å². The lowest BCUT2D eigenvalue weighted by Crippen LogP contribution is -2.37. The summed E-state index contributed by atoms with van der Waals surface area (Å²) in [5.41, 5.74) is 5.36. The number of hydrogen-bond donors (Lipinski definition) is 3. The van der Waals surface area contributed by atoms with Gasteiger partial charge in [0, 0.05) is 49.1 Å². The highest BCUT2D eigenvalue weighted by Gasteiger charge is 2.24. The summed E-state index contributed by atoms with van der Waals surface area (Å²) in [5, 5.41) is 2.92. The van der Waals surface area contributed by atoms with Crippen LogP contribution in [0.4, 0.5) is 23.7 Å². The number of nitrogens with two attached hydrogens (primary N) is 1. The number of aromatic nitrogens is 2. The van der Waals surface area contributed by atoms with Gasteiger partial charge in [-0.05, 0) is 55.3 Å². The predicted molar refractivity (Wildman–Crippen MR) is 159 cm³/mol. The van der Waals surface area contributed by atoms with Gasteiger partial charge in [0.25, 0.3) is 11.5 Å². The third-order valence-corrected chi connectivity index (χ3v) is 6.51. The first-order valence-electron chi connectivity index (χ1n) is 13.6. The Balaban J connectivity index is 1.52. The van der Waals surface area contributed by atoms with Gasteiger partial charge < -0.3 is 35.0 Å². The van der Waals surface area contributed by atoms with E-state index >= 15 is 0 Å². The summed E-state index contributed by atoms with van der Waals surface area (Å²) in [5.74, 6) is -3.50. The number of ether oxygens (including phenoxy) is 2. The number of fused-ring (bicyclic) bond motifs is 1. The third-order valence-electron chi connectivity index (χ3n) is 6.51. The van der Waals surface area contributed by atoms with Crippen molar-refractivity contribution in [2.45, 2.75) is 32.1 Å². The Morgan fingerprint density at radius 2 is 1.87 bits per heavy atom. The van der Waals surface area contributed by atoms with E-state index in [0.29, 0.717) is 16.6 Å². The number of amides is 3. The number of carbonyl (C=O) groups excluding carboxylic acids is 3. The van der Waals surface area contributed by atoms with Crippen LogP contribution in [0, 0.1) is 17.5 Å². The predicted octanol–water partition coefficient (Wildman–Crippen LogP) is 4.20. The molecule has 4 aromatic rings. The van der Waals surface area contributed by atoms with E-state index in [4.69, 9.17) is 15.2 Å². The van der Waals surface area contributed by atoms with Gasteiger partial charge in [0.15, 0.2) is 6.10 Å². The summed E-state index contributed by atoms with van der Waals surface area (Å²) in [6.07, 6.45) is 2.18. The Bertz CT molecular complexity index is 1820. The molecule has 0 saturated carbocycles. The zero-order valence-electron chi connectivity index (χ0n) is 24.3. The molecule has 0 fully saturated rings. The van der Waals surface area contributed by atoms with Crippen LogP contribution in [0.15, 0.2) is 71.7 Å². The third kappa shape index (κ3) is 8.53. The standard InChI is InChI=1S/C31H30F3N5O6/c1-38(2)31(43)45-25(7-3-4-8-27(35)40)29(41)37-24-6-5-11-39(30(24)42)16-22-13-19-12-21(33)15-26(28(19)36-22)44-17-18-9-10-20(32)14-23(18)34/h4-6,8-15,25,36H,3,7,16-17H2,1-2H3,(H2,35,40)(H,37,41)/b8-4+/t25-/m0/s1. The van der Waals surface area contributed by atoms with E-state index in [9.17, 15) is 32.3 Å². The summed E-state index contributed by atoms with van der Waals surface area (Å²) in [6.45, 7) is -0.297. The second-order valence-corrected chi connectivity index (χ2v) is 10.2. The fourth-order valence-electron chi connectivity index (χ4n) is 4.30. The van der Waals surface area contributed by atoms with Crippen molar-refractivity contribution in [2.24, 2.45) is 5.73 Å². The smallest absolute Gasteiger partial charge is 0.410 e. The Labute approximate surface area is 255 Å². The normalized spacial score (nSPS) is 11.8. The molecule has 0 unspecified atom stereocenters. The van der Waals surface area contributed by atoms with E-state index in [1.165, 1.54) is 55.2 Å². The van der Waals surface area contributed by atoms with Crippen molar-refractivity contribution in [3.63, 3.8) is 0 Å². The maximum atomic E-state index is 14.4. The Morgan fingerprint density at radius 1 is 1.09 bits per heavy atom. The van der Waals surface area contributed by atoms with Crippen LogP contribution in [0.2, 0.25) is 0 Å². The van der Waals surface area contributed by atoms with E-state index in [1.54, 1.807) is 6.07 Å². The molecule has 0 aliphatic heterocycles. The molecule has 0 saturated heterocycles. The quantitative estimate of drug-likeness (QED) is 0.201. The van der Waals surface area contributed by atoms with Crippen LogP contribution < -0.4 is 21.3 Å². The molecule has 2 aromatic heterocycles. The minimum Gasteiger partial charge on any atom is -0.486 e. The molecular formula is C31H30F3N5O6. The number of carbonyl (C=O) groups is 3. The molecule has 14 heteroatoms. The highest BCUT2D eigenvalue weighted by atomic mass is 19.1. The van der Waals surface area contributed by atoms with Gasteiger partial charge in [-0.1, -0.05) is 6.08 Å². The number of allylic oxidation sites excluding steroid dienone is 1. The molecular weight excluding hydrogens is 595 g/mol. The van der Waals surface area contributed by atoms with Crippen molar-refractivity contribution in [1.82, 2.24) is 14.5 Å². The summed E-state index contributed by atoms with van der Waals surface area (Å²) >= 11 is 0. The SMILES string of the molecule is CN(C)C(=O)O[C@@H](CC/C=C/C(N)=O)C(=O)Nc1cccn(Cc2cc3cc(F)cc(OCc4ccc(F)cc4F)c3[nH]2)c1=O. The van der Waals surface area contributed by atoms with E-state index in [2.05, 4.69) is 10.3 Å². The molecule has 11 nitrogen and oxygen atoms in total. The average Bonchev–Trinajstić information content (AvgIpc) is 3.38. The maximum absolute atomic E-state index is 14.4. The van der Waals surface area contributed by atoms with Crippen LogP contribution in [0.3, 0.4) is 0 Å². The number of pyridine rings is 1. The minimum atomic E-state index is -1.28. The van der Waals surface area contributed by atoms with Gasteiger partial charge in [0.2, 0.25) is 5.91 Å². The molecule has 236 valence electrons. The summed E-state index contributed by atoms with van der Waals surface area (Å²) in [6, 6.07) is 9.94. The molecule has 4 rings (SSSR count). The average molecular weight is 626 g/mol. The van der Waals surface area contributed by atoms with Crippen LogP contribution in [0.5, 0.6) is 5.75 Å². The number of nitrogens with one attached hydrogen (secondary N) is 2. The number of benzene rings is 2. The second-order valence-electron chi connectivity index (χ2n) is 10.2. The molecule has 45 heavy (non-hydrogen) atoms. The van der Waals surface area contributed by atoms with Gasteiger partial charge >= 0.3 is 6.09 Å². The summed E-state index contributed by atoms with van der Waals surface area (Å²) in [7, 11) is 2.89. The van der Waals surface area contributed by atoms with Crippen molar-refractivity contribution < 1.29 is 37.0 Å². The van der Waals surface area contributed by atoms with Crippen molar-refractivity contribution in [2.75, 3.05) is 19.4 Å². The lowest BCUT2D eigenvalue weighted by Gasteiger charge is -2.19. The Hall–Kier alpha value is -5.53. The number of rotatable bonds is 12. The van der Waals surface area contributed by atoms with Crippen molar-refractivity contribution >= 4 is 34.5 Å². The number of H-pyrrole nitrogens is 1. The molecule has 0 aliphatic carbocycles. The molecule has 1 atom stereocenters. The first-order chi connectivity index (χ1) is 21.4. The molecule has 0 bridgehead atoms. The Morgan fingerprint density at radius 3 is 2.58 bits per heavy atom. The number of hydrogen-bond acceptors (Lipinski definition) is 6. The van der Waals surface area contributed by atoms with Gasteiger partial charge in [-0.2, -0.15) is 0 Å². The van der Waals surface area contributed by atoms with Gasteiger partial charge in [0.1, 0.15) is 35.5 Å². The van der Waals surface area contributed by atoms with E-state index in [-0.39, 0.29) is 43.0 Å². The number of nitrogens with zero attached hydrogens (tertiary/aromatic N) is 2. The molecule has 0 aliphatic rings. The number of halogens is 3. The van der Waals surface area contributed by atoms with Crippen LogP contribution in [0.1, 0.15) is 24.1 Å². The monoisotopic (exact) mass is 625 g/mol. The largest absolute Gasteiger partial charge is 0.486 e. The molecule has 0 spiro atoms. The van der Waals surface area contributed by atoms with Crippen molar-refractivity contribution in [1.29, 1.82) is 0 Å². The highest BCUT2D eigenvalue weighted by Crippen LogP contribution is 2.29. The molecule has 3 amide bonds. The van der Waals surface area contributed by atoms with Crippen LogP contribution in [-0.4, -0.2) is 52.6 Å². The summed E-state index contributed by atoms with van der Waals surface area (Å²) in [4.78, 5) is 53.6. The van der Waals surface area contributed by atoms with Gasteiger partial charge in [-0.3, -0.25) is 14.4 Å². The molecule has 0 radical (unpaired) electrons. The molecule has 2 heterocycles. The zero-order chi connectivity index (χ0) is 32.7. The highest BCUT2D eigenvalue weighted by molar-refractivity contribution is 5.95. The number of aromatic amines is 1. The van der Waals surface area contributed by atoms with Crippen molar-refractivity contribution in [3.8, 4) is 5.75 Å². The van der Waals surface area contributed by atoms with E-state index in [0.717, 1.165) is 29.2 Å². The van der Waals surface area contributed by atoms with Gasteiger partial charge in [-0.25, -0.2) is 18.0 Å². The zero-order valence-corrected chi connectivity index (χ0v) is 24.3. The first-order valence-corrected chi connectivity index (χ1v) is 13.6. The number of primary amides is 1. The fourth-order valence-corrected chi connectivity index (χ4v) is 4.30. The topological polar surface area (TPSA) is 149 Å². The lowest BCUT2D eigenvalue weighted by molar-refractivity contribution is -0.124. The van der Waals surface area contributed by atoms with Gasteiger partial charge in [0.05, 0.1) is 12.1 Å². The first kappa shape index (κ1) is 32.4. The van der Waals surface area contributed by atoms with E-state index < -0.39 is 47.0 Å². The second kappa shape index (κ2) is 14.3. The lowest BCUT2D eigenvalue weighted by atomic mass is 10.1. The molecule has 4 N–H and O–H groups in total. The number of anilines is 1. The fraction of sp³-hybridized carbons (Fsp3) is 0.226. The minimum absolute atomic E-state index is 0.0121. The van der Waals surface area contributed by atoms with Crippen LogP contribution in [-0.2, 0) is 27.5 Å². The van der Waals surface area contributed by atoms with Crippen LogP contribution in [0.25, 0.3) is 10.9 Å². The molecule has 2 aromatic carbocycles. The van der Waals surface area contributed by atoms with Gasteiger partial charge in [-0.15, -0.1) is 0 Å². The summed E-state index contributed by atoms with van der Waals surface area (Å²) < 4.78 is 53.9. The maximum Gasteiger partial charge on any atom is 0.410 e. The van der Waals surface area contributed by atoms with Crippen molar-refractivity contribution in [3.05, 3.63) is 106 Å². The Kier molecular flexibility index (Phi) is 10.3.